The minimum absolute atomic E-state index is 0.513. The van der Waals surface area contributed by atoms with Crippen LogP contribution in [-0.2, 0) is 6.42 Å². The molecule has 0 aliphatic rings. The molecule has 0 saturated carbocycles. The quantitative estimate of drug-likeness (QED) is 0.866. The van der Waals surface area contributed by atoms with Gasteiger partial charge in [0.2, 0.25) is 0 Å². The fourth-order valence-electron chi connectivity index (χ4n) is 2.43. The van der Waals surface area contributed by atoms with Gasteiger partial charge >= 0.3 is 0 Å². The lowest BCUT2D eigenvalue weighted by molar-refractivity contribution is 0.625. The van der Waals surface area contributed by atoms with Gasteiger partial charge in [-0.25, -0.2) is 0 Å². The Bertz CT molecular complexity index is 536. The van der Waals surface area contributed by atoms with Crippen molar-refractivity contribution in [1.29, 1.82) is 0 Å². The zero-order valence-electron chi connectivity index (χ0n) is 11.5. The molecule has 0 aliphatic carbocycles. The van der Waals surface area contributed by atoms with Crippen LogP contribution in [-0.4, -0.2) is 13.6 Å². The van der Waals surface area contributed by atoms with Crippen molar-refractivity contribution in [2.45, 2.75) is 19.3 Å². The van der Waals surface area contributed by atoms with E-state index in [1.54, 1.807) is 0 Å². The highest BCUT2D eigenvalue weighted by Crippen LogP contribution is 2.23. The first kappa shape index (κ1) is 14.3. The second kappa shape index (κ2) is 6.88. The molecule has 1 N–H and O–H groups in total. The Hall–Kier alpha value is -1.12. The lowest BCUT2D eigenvalue weighted by Crippen LogP contribution is -2.19. The summed E-state index contributed by atoms with van der Waals surface area (Å²) in [7, 11) is 2.02. The summed E-state index contributed by atoms with van der Waals surface area (Å²) in [5, 5.41) is 3.31. The normalized spacial score (nSPS) is 12.4. The van der Waals surface area contributed by atoms with Crippen LogP contribution in [0.5, 0.6) is 0 Å². The van der Waals surface area contributed by atoms with Crippen molar-refractivity contribution < 1.29 is 0 Å². The third-order valence-electron chi connectivity index (χ3n) is 3.34. The van der Waals surface area contributed by atoms with Crippen LogP contribution in [0.3, 0.4) is 0 Å². The van der Waals surface area contributed by atoms with E-state index in [9.17, 15) is 0 Å². The Labute approximate surface area is 124 Å². The van der Waals surface area contributed by atoms with Gasteiger partial charge in [-0.15, -0.1) is 0 Å². The first-order chi connectivity index (χ1) is 9.19. The highest BCUT2D eigenvalue weighted by atomic mass is 79.9. The van der Waals surface area contributed by atoms with Crippen LogP contribution in [0.4, 0.5) is 0 Å². The monoisotopic (exact) mass is 317 g/mol. The van der Waals surface area contributed by atoms with Gasteiger partial charge in [0, 0.05) is 16.9 Å². The zero-order chi connectivity index (χ0) is 13.7. The van der Waals surface area contributed by atoms with Crippen LogP contribution in [0.2, 0.25) is 0 Å². The van der Waals surface area contributed by atoms with Crippen LogP contribution >= 0.6 is 15.9 Å². The molecule has 0 aromatic heterocycles. The summed E-state index contributed by atoms with van der Waals surface area (Å²) in [6.07, 6.45) is 1.06. The Morgan fingerprint density at radius 2 is 1.89 bits per heavy atom. The molecule has 0 fully saturated rings. The molecule has 1 unspecified atom stereocenters. The molecule has 0 heterocycles. The molecule has 0 radical (unpaired) electrons. The van der Waals surface area contributed by atoms with Crippen molar-refractivity contribution in [3.63, 3.8) is 0 Å². The predicted octanol–water partition coefficient (Wildman–Crippen LogP) is 4.30. The van der Waals surface area contributed by atoms with Crippen molar-refractivity contribution in [3.8, 4) is 0 Å². The average Bonchev–Trinajstić information content (AvgIpc) is 2.38. The summed E-state index contributed by atoms with van der Waals surface area (Å²) in [5.74, 6) is 0.513. The molecule has 0 amide bonds. The van der Waals surface area contributed by atoms with Crippen LogP contribution < -0.4 is 5.32 Å². The maximum absolute atomic E-state index is 3.54. The highest BCUT2D eigenvalue weighted by Gasteiger charge is 2.12. The second-order valence-electron chi connectivity index (χ2n) is 5.00. The SMILES string of the molecule is CNCC(Cc1cccc(Br)c1)c1cccc(C)c1. The van der Waals surface area contributed by atoms with E-state index in [-0.39, 0.29) is 0 Å². The number of halogens is 1. The number of likely N-dealkylation sites (N-methyl/N-ethyl adjacent to an activating group) is 1. The average molecular weight is 318 g/mol. The molecule has 0 aliphatic heterocycles. The van der Waals surface area contributed by atoms with Crippen molar-refractivity contribution >= 4 is 15.9 Å². The lowest BCUT2D eigenvalue weighted by Gasteiger charge is -2.18. The second-order valence-corrected chi connectivity index (χ2v) is 5.92. The number of nitrogens with one attached hydrogen (secondary N) is 1. The largest absolute Gasteiger partial charge is 0.319 e. The minimum atomic E-state index is 0.513. The van der Waals surface area contributed by atoms with Gasteiger partial charge < -0.3 is 5.32 Å². The van der Waals surface area contributed by atoms with Gasteiger partial charge in [-0.05, 0) is 43.7 Å². The Morgan fingerprint density at radius 3 is 2.58 bits per heavy atom. The summed E-state index contributed by atoms with van der Waals surface area (Å²) in [5.41, 5.74) is 4.11. The van der Waals surface area contributed by atoms with E-state index < -0.39 is 0 Å². The number of aryl methyl sites for hydroxylation is 1. The van der Waals surface area contributed by atoms with Crippen LogP contribution in [0.15, 0.2) is 53.0 Å². The van der Waals surface area contributed by atoms with E-state index in [1.165, 1.54) is 16.7 Å². The first-order valence-electron chi connectivity index (χ1n) is 6.64. The number of rotatable bonds is 5. The molecule has 19 heavy (non-hydrogen) atoms. The van der Waals surface area contributed by atoms with Crippen LogP contribution in [0.1, 0.15) is 22.6 Å². The van der Waals surface area contributed by atoms with Crippen molar-refractivity contribution in [3.05, 3.63) is 69.7 Å². The zero-order valence-corrected chi connectivity index (χ0v) is 13.1. The molecule has 2 heteroatoms. The Morgan fingerprint density at radius 1 is 1.11 bits per heavy atom. The summed E-state index contributed by atoms with van der Waals surface area (Å²) >= 11 is 3.54. The summed E-state index contributed by atoms with van der Waals surface area (Å²) < 4.78 is 1.15. The van der Waals surface area contributed by atoms with Gasteiger partial charge in [0.25, 0.3) is 0 Å². The van der Waals surface area contributed by atoms with E-state index in [0.717, 1.165) is 17.4 Å². The molecule has 2 aromatic rings. The fraction of sp³-hybridized carbons (Fsp3) is 0.294. The summed E-state index contributed by atoms with van der Waals surface area (Å²) in [4.78, 5) is 0. The van der Waals surface area contributed by atoms with E-state index in [4.69, 9.17) is 0 Å². The van der Waals surface area contributed by atoms with Gasteiger partial charge in [-0.3, -0.25) is 0 Å². The van der Waals surface area contributed by atoms with E-state index in [1.807, 2.05) is 7.05 Å². The first-order valence-corrected chi connectivity index (χ1v) is 7.44. The maximum atomic E-state index is 3.54. The van der Waals surface area contributed by atoms with Gasteiger partial charge in [-0.1, -0.05) is 57.9 Å². The topological polar surface area (TPSA) is 12.0 Å². The van der Waals surface area contributed by atoms with E-state index >= 15 is 0 Å². The van der Waals surface area contributed by atoms with Gasteiger partial charge in [0.15, 0.2) is 0 Å². The van der Waals surface area contributed by atoms with Crippen LogP contribution in [0, 0.1) is 6.92 Å². The number of hydrogen-bond acceptors (Lipinski definition) is 1. The molecule has 0 spiro atoms. The van der Waals surface area contributed by atoms with E-state index in [2.05, 4.69) is 76.7 Å². The van der Waals surface area contributed by atoms with Gasteiger partial charge in [0.1, 0.15) is 0 Å². The molecular weight excluding hydrogens is 298 g/mol. The third kappa shape index (κ3) is 4.19. The maximum Gasteiger partial charge on any atom is 0.0177 e. The minimum Gasteiger partial charge on any atom is -0.319 e. The Kier molecular flexibility index (Phi) is 5.17. The molecule has 0 saturated heterocycles. The summed E-state index contributed by atoms with van der Waals surface area (Å²) in [6, 6.07) is 17.4. The van der Waals surface area contributed by atoms with Crippen molar-refractivity contribution in [2.24, 2.45) is 0 Å². The molecule has 1 nitrogen and oxygen atoms in total. The molecule has 0 bridgehead atoms. The number of benzene rings is 2. The van der Waals surface area contributed by atoms with Crippen molar-refractivity contribution in [1.82, 2.24) is 5.32 Å². The highest BCUT2D eigenvalue weighted by molar-refractivity contribution is 9.10. The Balaban J connectivity index is 2.21. The molecule has 100 valence electrons. The standard InChI is InChI=1S/C17H20BrN/c1-13-5-3-7-15(9-13)16(12-19-2)10-14-6-4-8-17(18)11-14/h3-9,11,16,19H,10,12H2,1-2H3. The lowest BCUT2D eigenvalue weighted by atomic mass is 9.91. The van der Waals surface area contributed by atoms with Crippen LogP contribution in [0.25, 0.3) is 0 Å². The molecule has 1 atom stereocenters. The van der Waals surface area contributed by atoms with Crippen molar-refractivity contribution in [2.75, 3.05) is 13.6 Å². The molecule has 2 rings (SSSR count). The smallest absolute Gasteiger partial charge is 0.0177 e. The predicted molar refractivity (Wildman–Crippen MR) is 85.7 cm³/mol. The van der Waals surface area contributed by atoms with Gasteiger partial charge in [-0.2, -0.15) is 0 Å². The summed E-state index contributed by atoms with van der Waals surface area (Å²) in [6.45, 7) is 3.15. The fourth-order valence-corrected chi connectivity index (χ4v) is 2.87. The van der Waals surface area contributed by atoms with Gasteiger partial charge in [0.05, 0.1) is 0 Å². The van der Waals surface area contributed by atoms with E-state index in [0.29, 0.717) is 5.92 Å². The molecular formula is C17H20BrN. The molecule has 2 aromatic carbocycles. The third-order valence-corrected chi connectivity index (χ3v) is 3.83. The number of hydrogen-bond donors (Lipinski definition) is 1.